The summed E-state index contributed by atoms with van der Waals surface area (Å²) in [7, 11) is -4.04. The van der Waals surface area contributed by atoms with Crippen LogP contribution in [0.4, 0.5) is 5.69 Å². The molecule has 1 aromatic heterocycles. The van der Waals surface area contributed by atoms with Gasteiger partial charge in [-0.2, -0.15) is 8.42 Å². The van der Waals surface area contributed by atoms with Crippen LogP contribution in [-0.2, 0) is 16.7 Å². The summed E-state index contributed by atoms with van der Waals surface area (Å²) in [5.74, 6) is 0.712. The van der Waals surface area contributed by atoms with Crippen molar-refractivity contribution < 1.29 is 21.9 Å². The molecular formula is C21H22ClN2O4S+. The number of benzene rings is 2. The van der Waals surface area contributed by atoms with Gasteiger partial charge in [0.25, 0.3) is 0 Å². The lowest BCUT2D eigenvalue weighted by Gasteiger charge is -2.11. The number of nitrogens with zero attached hydrogens (tertiary/aromatic N) is 1. The normalized spacial score (nSPS) is 11.2. The van der Waals surface area contributed by atoms with Gasteiger partial charge >= 0.3 is 10.1 Å². The van der Waals surface area contributed by atoms with Gasteiger partial charge in [-0.3, -0.25) is 0 Å². The Balaban J connectivity index is 1.63. The van der Waals surface area contributed by atoms with E-state index in [0.717, 1.165) is 24.2 Å². The van der Waals surface area contributed by atoms with Crippen LogP contribution < -0.4 is 19.2 Å². The number of hydrogen-bond donors (Lipinski definition) is 1. The van der Waals surface area contributed by atoms with E-state index in [1.54, 1.807) is 24.3 Å². The Kier molecular flexibility index (Phi) is 6.61. The minimum absolute atomic E-state index is 0.0776. The minimum Gasteiger partial charge on any atom is -0.493 e. The van der Waals surface area contributed by atoms with E-state index >= 15 is 0 Å². The molecule has 3 rings (SSSR count). The first kappa shape index (κ1) is 21.0. The summed E-state index contributed by atoms with van der Waals surface area (Å²) in [5, 5.41) is 0.108. The number of nitrogens with two attached hydrogens (primary N) is 1. The predicted octanol–water partition coefficient (Wildman–Crippen LogP) is 3.75. The van der Waals surface area contributed by atoms with Gasteiger partial charge in [0, 0.05) is 30.3 Å². The van der Waals surface area contributed by atoms with E-state index in [0.29, 0.717) is 12.4 Å². The molecule has 6 nitrogen and oxygen atoms in total. The number of aromatic nitrogens is 1. The second-order valence-corrected chi connectivity index (χ2v) is 8.44. The maximum atomic E-state index is 12.5. The van der Waals surface area contributed by atoms with Crippen molar-refractivity contribution in [2.75, 3.05) is 12.3 Å². The molecule has 2 N–H and O–H groups in total. The summed E-state index contributed by atoms with van der Waals surface area (Å²) in [6.07, 6.45) is 4.59. The van der Waals surface area contributed by atoms with E-state index in [2.05, 4.69) is 0 Å². The van der Waals surface area contributed by atoms with Gasteiger partial charge in [-0.05, 0) is 36.8 Å². The van der Waals surface area contributed by atoms with Crippen molar-refractivity contribution in [3.8, 4) is 11.5 Å². The molecule has 0 atom stereocenters. The molecule has 3 aromatic rings. The zero-order valence-electron chi connectivity index (χ0n) is 15.9. The van der Waals surface area contributed by atoms with Gasteiger partial charge in [0.2, 0.25) is 0 Å². The third-order valence-electron chi connectivity index (χ3n) is 4.08. The van der Waals surface area contributed by atoms with Crippen LogP contribution in [-0.4, -0.2) is 15.0 Å². The second-order valence-electron chi connectivity index (χ2n) is 6.52. The first-order valence-corrected chi connectivity index (χ1v) is 10.8. The first-order chi connectivity index (χ1) is 13.8. The highest BCUT2D eigenvalue weighted by Gasteiger charge is 2.20. The van der Waals surface area contributed by atoms with Crippen LogP contribution in [0.15, 0.2) is 71.9 Å². The maximum absolute atomic E-state index is 12.5. The van der Waals surface area contributed by atoms with Crippen LogP contribution in [0.1, 0.15) is 12.0 Å². The summed E-state index contributed by atoms with van der Waals surface area (Å²) >= 11 is 5.99. The van der Waals surface area contributed by atoms with Crippen LogP contribution >= 0.6 is 11.6 Å². The molecule has 0 saturated carbocycles. The van der Waals surface area contributed by atoms with Crippen LogP contribution in [0, 0.1) is 6.92 Å². The molecule has 152 valence electrons. The molecule has 0 unspecified atom stereocenters. The summed E-state index contributed by atoms with van der Waals surface area (Å²) < 4.78 is 38.1. The van der Waals surface area contributed by atoms with Gasteiger partial charge < -0.3 is 14.7 Å². The van der Waals surface area contributed by atoms with Crippen LogP contribution in [0.2, 0.25) is 5.02 Å². The van der Waals surface area contributed by atoms with Crippen molar-refractivity contribution in [3.63, 3.8) is 0 Å². The summed E-state index contributed by atoms with van der Waals surface area (Å²) in [5.41, 5.74) is 7.21. The molecular weight excluding hydrogens is 412 g/mol. The predicted molar refractivity (Wildman–Crippen MR) is 112 cm³/mol. The van der Waals surface area contributed by atoms with Crippen LogP contribution in [0.25, 0.3) is 0 Å². The number of rotatable bonds is 8. The number of halogens is 1. The van der Waals surface area contributed by atoms with Crippen molar-refractivity contribution >= 4 is 27.4 Å². The lowest BCUT2D eigenvalue weighted by Crippen LogP contribution is -2.33. The molecule has 0 radical (unpaired) electrons. The summed E-state index contributed by atoms with van der Waals surface area (Å²) in [4.78, 5) is -0.0776. The first-order valence-electron chi connectivity index (χ1n) is 9.01. The number of ether oxygens (including phenoxy) is 1. The summed E-state index contributed by atoms with van der Waals surface area (Å²) in [6.45, 7) is 3.08. The average Bonchev–Trinajstić information content (AvgIpc) is 2.66. The highest BCUT2D eigenvalue weighted by atomic mass is 35.5. The molecule has 0 fully saturated rings. The van der Waals surface area contributed by atoms with E-state index in [-0.39, 0.29) is 15.7 Å². The summed E-state index contributed by atoms with van der Waals surface area (Å²) in [6, 6.07) is 14.8. The quantitative estimate of drug-likeness (QED) is 0.332. The third kappa shape index (κ3) is 5.85. The number of anilines is 1. The Morgan fingerprint density at radius 2 is 1.72 bits per heavy atom. The monoisotopic (exact) mass is 433 g/mol. The molecule has 0 amide bonds. The van der Waals surface area contributed by atoms with Gasteiger partial charge in [-0.1, -0.05) is 23.7 Å². The fourth-order valence-electron chi connectivity index (χ4n) is 2.72. The molecule has 0 aliphatic carbocycles. The number of aryl methyl sites for hydroxylation is 2. The molecule has 0 aliphatic heterocycles. The Morgan fingerprint density at radius 3 is 2.45 bits per heavy atom. The largest absolute Gasteiger partial charge is 0.493 e. The van der Waals surface area contributed by atoms with Gasteiger partial charge in [-0.15, -0.1) is 0 Å². The Hall–Kier alpha value is -2.77. The van der Waals surface area contributed by atoms with Crippen LogP contribution in [0.5, 0.6) is 11.5 Å². The topological polar surface area (TPSA) is 82.5 Å². The highest BCUT2D eigenvalue weighted by Crippen LogP contribution is 2.28. The van der Waals surface area contributed by atoms with E-state index < -0.39 is 10.1 Å². The number of hydrogen-bond acceptors (Lipinski definition) is 5. The van der Waals surface area contributed by atoms with Gasteiger partial charge in [0.05, 0.1) is 11.6 Å². The second kappa shape index (κ2) is 9.15. The zero-order valence-corrected chi connectivity index (χ0v) is 17.5. The molecule has 2 aromatic carbocycles. The van der Waals surface area contributed by atoms with Crippen molar-refractivity contribution in [1.82, 2.24) is 0 Å². The van der Waals surface area contributed by atoms with E-state index in [1.807, 2.05) is 42.1 Å². The SMILES string of the molecule is Cc1cc(OCCC[n+]2ccc(N)cc2)cc(OS(=O)(=O)c2ccccc2Cl)c1. The maximum Gasteiger partial charge on any atom is 0.340 e. The Labute approximate surface area is 175 Å². The highest BCUT2D eigenvalue weighted by molar-refractivity contribution is 7.87. The van der Waals surface area contributed by atoms with Crippen molar-refractivity contribution in [2.45, 2.75) is 24.8 Å². The van der Waals surface area contributed by atoms with E-state index in [1.165, 1.54) is 12.1 Å². The fourth-order valence-corrected chi connectivity index (χ4v) is 4.13. The van der Waals surface area contributed by atoms with E-state index in [4.69, 9.17) is 26.3 Å². The van der Waals surface area contributed by atoms with Crippen molar-refractivity contribution in [1.29, 1.82) is 0 Å². The van der Waals surface area contributed by atoms with Gasteiger partial charge in [-0.25, -0.2) is 4.57 Å². The Morgan fingerprint density at radius 1 is 1.03 bits per heavy atom. The lowest BCUT2D eigenvalue weighted by molar-refractivity contribution is -0.697. The Bertz CT molecular complexity index is 1090. The zero-order chi connectivity index (χ0) is 20.9. The lowest BCUT2D eigenvalue weighted by atomic mass is 10.2. The smallest absolute Gasteiger partial charge is 0.340 e. The van der Waals surface area contributed by atoms with Gasteiger partial charge in [0.15, 0.2) is 18.9 Å². The fraction of sp³-hybridized carbons (Fsp3) is 0.190. The molecule has 0 bridgehead atoms. The molecule has 0 aliphatic rings. The molecule has 0 spiro atoms. The van der Waals surface area contributed by atoms with Crippen molar-refractivity contribution in [2.24, 2.45) is 0 Å². The molecule has 29 heavy (non-hydrogen) atoms. The van der Waals surface area contributed by atoms with Crippen LogP contribution in [0.3, 0.4) is 0 Å². The third-order valence-corrected chi connectivity index (χ3v) is 5.83. The van der Waals surface area contributed by atoms with E-state index in [9.17, 15) is 8.42 Å². The van der Waals surface area contributed by atoms with Crippen molar-refractivity contribution in [3.05, 3.63) is 77.6 Å². The van der Waals surface area contributed by atoms with Gasteiger partial charge in [0.1, 0.15) is 16.4 Å². The number of nitrogen functional groups attached to an aromatic ring is 1. The standard InChI is InChI=1S/C21H21ClN2O4S/c1-16-13-18(27-12-4-9-24-10-7-17(23)8-11-24)15-19(14-16)28-29(25,26)21-6-3-2-5-20(21)22/h2-3,5-8,10-11,13-15,23H,4,9,12H2,1H3/p+1. The molecule has 0 saturated heterocycles. The number of pyridine rings is 1. The molecule has 1 heterocycles. The molecule has 8 heteroatoms. The minimum atomic E-state index is -4.04. The average molecular weight is 434 g/mol.